The van der Waals surface area contributed by atoms with E-state index in [4.69, 9.17) is 7.85 Å². The summed E-state index contributed by atoms with van der Waals surface area (Å²) in [5.74, 6) is -1.52. The smallest absolute Gasteiger partial charge is 0.330 e. The van der Waals surface area contributed by atoms with Crippen LogP contribution in [0.5, 0.6) is 0 Å². The van der Waals surface area contributed by atoms with Gasteiger partial charge in [-0.05, 0) is 0 Å². The first-order chi connectivity index (χ1) is 6.65. The van der Waals surface area contributed by atoms with Crippen LogP contribution in [0, 0.1) is 0 Å². The standard InChI is InChI=1S/C8H10BNO4/c9-5-1-2-8(13)14-10-6(11)3-4-7(10)12/h1-5H2. The second-order valence-electron chi connectivity index (χ2n) is 2.94. The number of hydrogen-bond donors (Lipinski definition) is 0. The van der Waals surface area contributed by atoms with Gasteiger partial charge in [0.25, 0.3) is 11.8 Å². The highest BCUT2D eigenvalue weighted by Gasteiger charge is 2.32. The van der Waals surface area contributed by atoms with Crippen LogP contribution in [0.25, 0.3) is 0 Å². The number of hydroxylamine groups is 2. The Kier molecular flexibility index (Phi) is 3.68. The fourth-order valence-electron chi connectivity index (χ4n) is 1.05. The molecule has 1 rings (SSSR count). The molecule has 1 heterocycles. The minimum atomic E-state index is -0.598. The number of carbonyl (C=O) groups excluding carboxylic acids is 3. The molecule has 5 nitrogen and oxygen atoms in total. The molecule has 1 aliphatic rings. The van der Waals surface area contributed by atoms with Crippen LogP contribution in [0.15, 0.2) is 0 Å². The van der Waals surface area contributed by atoms with Crippen molar-refractivity contribution in [1.82, 2.24) is 5.06 Å². The van der Waals surface area contributed by atoms with Crippen LogP contribution in [0.3, 0.4) is 0 Å². The first-order valence-corrected chi connectivity index (χ1v) is 4.42. The van der Waals surface area contributed by atoms with Crippen molar-refractivity contribution < 1.29 is 19.2 Å². The van der Waals surface area contributed by atoms with Crippen molar-refractivity contribution in [3.8, 4) is 0 Å². The molecule has 0 unspecified atom stereocenters. The Balaban J connectivity index is 2.39. The van der Waals surface area contributed by atoms with Crippen LogP contribution in [-0.2, 0) is 19.2 Å². The van der Waals surface area contributed by atoms with Crippen molar-refractivity contribution in [3.05, 3.63) is 0 Å². The van der Waals surface area contributed by atoms with Gasteiger partial charge in [-0.3, -0.25) is 9.59 Å². The van der Waals surface area contributed by atoms with E-state index in [-0.39, 0.29) is 19.3 Å². The third-order valence-electron chi connectivity index (χ3n) is 1.78. The fraction of sp³-hybridized carbons (Fsp3) is 0.625. The third-order valence-corrected chi connectivity index (χ3v) is 1.78. The normalized spacial score (nSPS) is 16.1. The summed E-state index contributed by atoms with van der Waals surface area (Å²) < 4.78 is 0. The maximum Gasteiger partial charge on any atom is 0.333 e. The van der Waals surface area contributed by atoms with E-state index >= 15 is 0 Å². The van der Waals surface area contributed by atoms with Crippen LogP contribution < -0.4 is 0 Å². The van der Waals surface area contributed by atoms with Gasteiger partial charge >= 0.3 is 5.97 Å². The maximum atomic E-state index is 11.0. The van der Waals surface area contributed by atoms with E-state index in [2.05, 4.69) is 4.84 Å². The summed E-state index contributed by atoms with van der Waals surface area (Å²) in [6, 6.07) is 0. The minimum Gasteiger partial charge on any atom is -0.330 e. The average molecular weight is 195 g/mol. The van der Waals surface area contributed by atoms with Gasteiger partial charge in [-0.2, -0.15) is 0 Å². The molecule has 14 heavy (non-hydrogen) atoms. The molecule has 0 spiro atoms. The molecule has 0 atom stereocenters. The zero-order chi connectivity index (χ0) is 10.6. The van der Waals surface area contributed by atoms with Crippen molar-refractivity contribution in [2.24, 2.45) is 0 Å². The monoisotopic (exact) mass is 195 g/mol. The highest BCUT2D eigenvalue weighted by atomic mass is 16.7. The molecule has 0 aromatic heterocycles. The highest BCUT2D eigenvalue weighted by Crippen LogP contribution is 2.12. The molecule has 0 aliphatic carbocycles. The summed E-state index contributed by atoms with van der Waals surface area (Å²) in [7, 11) is 5.18. The predicted molar refractivity (Wildman–Crippen MR) is 47.0 cm³/mol. The van der Waals surface area contributed by atoms with Gasteiger partial charge in [0.15, 0.2) is 0 Å². The average Bonchev–Trinajstić information content (AvgIpc) is 2.46. The first-order valence-electron chi connectivity index (χ1n) is 4.42. The molecular weight excluding hydrogens is 185 g/mol. The van der Waals surface area contributed by atoms with E-state index in [1.807, 2.05) is 0 Å². The lowest BCUT2D eigenvalue weighted by Gasteiger charge is -2.11. The van der Waals surface area contributed by atoms with Crippen LogP contribution >= 0.6 is 0 Å². The second kappa shape index (κ2) is 4.78. The molecule has 1 saturated heterocycles. The number of hydrogen-bond acceptors (Lipinski definition) is 4. The van der Waals surface area contributed by atoms with Crippen LogP contribution in [0.1, 0.15) is 25.7 Å². The van der Waals surface area contributed by atoms with Gasteiger partial charge in [0.2, 0.25) is 0 Å². The van der Waals surface area contributed by atoms with Crippen molar-refractivity contribution in [2.45, 2.75) is 32.0 Å². The zero-order valence-electron chi connectivity index (χ0n) is 7.69. The molecule has 6 heteroatoms. The lowest BCUT2D eigenvalue weighted by atomic mass is 10.0. The topological polar surface area (TPSA) is 63.7 Å². The molecule has 1 aliphatic heterocycles. The van der Waals surface area contributed by atoms with Gasteiger partial charge in [-0.25, -0.2) is 4.79 Å². The molecule has 0 N–H and O–H groups in total. The summed E-state index contributed by atoms with van der Waals surface area (Å²) in [5, 5.41) is 0.541. The number of amides is 2. The van der Waals surface area contributed by atoms with Crippen molar-refractivity contribution in [2.75, 3.05) is 0 Å². The van der Waals surface area contributed by atoms with Crippen molar-refractivity contribution in [3.63, 3.8) is 0 Å². The van der Waals surface area contributed by atoms with Gasteiger partial charge in [0, 0.05) is 19.3 Å². The van der Waals surface area contributed by atoms with Gasteiger partial charge in [0.05, 0.1) is 7.85 Å². The van der Waals surface area contributed by atoms with Crippen LogP contribution in [-0.4, -0.2) is 30.7 Å². The minimum absolute atomic E-state index is 0.114. The van der Waals surface area contributed by atoms with Gasteiger partial charge < -0.3 is 4.84 Å². The number of nitrogens with zero attached hydrogens (tertiary/aromatic N) is 1. The molecule has 74 valence electrons. The SMILES string of the molecule is [B]CCCC(=O)ON1C(=O)CCC1=O. The molecule has 0 aromatic carbocycles. The van der Waals surface area contributed by atoms with E-state index < -0.39 is 17.8 Å². The summed E-state index contributed by atoms with van der Waals surface area (Å²) >= 11 is 0. The lowest BCUT2D eigenvalue weighted by Crippen LogP contribution is -2.31. The summed E-state index contributed by atoms with van der Waals surface area (Å²) in [5.41, 5.74) is 0. The van der Waals surface area contributed by atoms with Gasteiger partial charge in [-0.15, -0.1) is 5.06 Å². The number of rotatable bonds is 4. The maximum absolute atomic E-state index is 11.0. The van der Waals surface area contributed by atoms with Gasteiger partial charge in [0.1, 0.15) is 0 Å². The summed E-state index contributed by atoms with van der Waals surface area (Å²) in [6.07, 6.45) is 1.20. The number of carbonyl (C=O) groups is 3. The third kappa shape index (κ3) is 2.58. The zero-order valence-corrected chi connectivity index (χ0v) is 7.69. The molecule has 0 saturated carbocycles. The largest absolute Gasteiger partial charge is 0.333 e. The van der Waals surface area contributed by atoms with E-state index in [1.54, 1.807) is 0 Å². The fourth-order valence-corrected chi connectivity index (χ4v) is 1.05. The molecule has 2 radical (unpaired) electrons. The second-order valence-corrected chi connectivity index (χ2v) is 2.94. The molecule has 0 bridgehead atoms. The van der Waals surface area contributed by atoms with E-state index in [0.717, 1.165) is 0 Å². The summed E-state index contributed by atoms with van der Waals surface area (Å²) in [6.45, 7) is 0. The van der Waals surface area contributed by atoms with Crippen molar-refractivity contribution >= 4 is 25.6 Å². The lowest BCUT2D eigenvalue weighted by molar-refractivity contribution is -0.197. The number of imide groups is 1. The predicted octanol–water partition coefficient (Wildman–Crippen LogP) is -0.0394. The first kappa shape index (κ1) is 10.8. The highest BCUT2D eigenvalue weighted by molar-refractivity contribution is 6.08. The van der Waals surface area contributed by atoms with Crippen LogP contribution in [0.2, 0.25) is 6.32 Å². The Hall–Kier alpha value is -1.33. The molecular formula is C8H10BNO4. The Bertz CT molecular complexity index is 250. The van der Waals surface area contributed by atoms with Crippen LogP contribution in [0.4, 0.5) is 0 Å². The Morgan fingerprint density at radius 1 is 1.36 bits per heavy atom. The van der Waals surface area contributed by atoms with Gasteiger partial charge in [-0.1, -0.05) is 12.7 Å². The van der Waals surface area contributed by atoms with E-state index in [1.165, 1.54) is 0 Å². The quantitative estimate of drug-likeness (QED) is 0.466. The van der Waals surface area contributed by atoms with E-state index in [0.29, 0.717) is 17.8 Å². The van der Waals surface area contributed by atoms with E-state index in [9.17, 15) is 14.4 Å². The Morgan fingerprint density at radius 3 is 2.43 bits per heavy atom. The Morgan fingerprint density at radius 2 is 1.93 bits per heavy atom. The molecule has 0 aromatic rings. The molecule has 1 fully saturated rings. The molecule has 2 amide bonds. The van der Waals surface area contributed by atoms with Crippen molar-refractivity contribution in [1.29, 1.82) is 0 Å². The Labute approximate surface area is 82.8 Å². The summed E-state index contributed by atoms with van der Waals surface area (Å²) in [4.78, 5) is 37.6.